The molecule has 1 aliphatic carbocycles. The van der Waals surface area contributed by atoms with Crippen molar-refractivity contribution in [3.05, 3.63) is 222 Å². The Bertz CT molecular complexity index is 2990. The van der Waals surface area contributed by atoms with Crippen LogP contribution in [-0.2, 0) is 5.41 Å². The van der Waals surface area contributed by atoms with Crippen LogP contribution in [0.5, 0.6) is 0 Å². The Morgan fingerprint density at radius 2 is 0.786 bits per heavy atom. The lowest BCUT2D eigenvalue weighted by Gasteiger charge is -2.34. The van der Waals surface area contributed by atoms with Crippen LogP contribution in [-0.4, -0.2) is 15.0 Å². The van der Waals surface area contributed by atoms with Crippen molar-refractivity contribution in [3.8, 4) is 56.2 Å². The summed E-state index contributed by atoms with van der Waals surface area (Å²) >= 11 is 0. The molecule has 1 aliphatic rings. The average Bonchev–Trinajstić information content (AvgIpc) is 3.84. The van der Waals surface area contributed by atoms with Crippen molar-refractivity contribution < 1.29 is 4.42 Å². The second-order valence-electron chi connectivity index (χ2n) is 14.3. The highest BCUT2D eigenvalue weighted by Crippen LogP contribution is 2.57. The van der Waals surface area contributed by atoms with E-state index in [1.807, 2.05) is 66.7 Å². The zero-order chi connectivity index (χ0) is 37.1. The van der Waals surface area contributed by atoms with Gasteiger partial charge in [-0.15, -0.1) is 0 Å². The molecule has 0 radical (unpaired) electrons. The molecule has 0 unspecified atom stereocenters. The van der Waals surface area contributed by atoms with Crippen LogP contribution in [0.2, 0.25) is 0 Å². The predicted octanol–water partition coefficient (Wildman–Crippen LogP) is 12.8. The molecule has 0 amide bonds. The van der Waals surface area contributed by atoms with E-state index in [-0.39, 0.29) is 0 Å². The molecule has 4 nitrogen and oxygen atoms in total. The van der Waals surface area contributed by atoms with Gasteiger partial charge in [-0.05, 0) is 87.0 Å². The van der Waals surface area contributed by atoms with E-state index in [1.165, 1.54) is 33.4 Å². The molecule has 0 N–H and O–H groups in total. The highest BCUT2D eigenvalue weighted by Gasteiger charge is 2.46. The summed E-state index contributed by atoms with van der Waals surface area (Å²) in [5.74, 6) is 0.618. The van der Waals surface area contributed by atoms with Crippen LogP contribution >= 0.6 is 0 Å². The topological polar surface area (TPSA) is 51.8 Å². The van der Waals surface area contributed by atoms with Gasteiger partial charge in [0.25, 0.3) is 0 Å². The molecule has 0 fully saturated rings. The number of aromatic nitrogens is 3. The molecule has 0 spiro atoms. The van der Waals surface area contributed by atoms with Crippen molar-refractivity contribution in [2.75, 3.05) is 0 Å². The monoisotopic (exact) mass is 715 g/mol. The number of benzene rings is 8. The van der Waals surface area contributed by atoms with Crippen LogP contribution < -0.4 is 0 Å². The van der Waals surface area contributed by atoms with E-state index in [9.17, 15) is 0 Å². The molecule has 0 saturated heterocycles. The molecule has 0 atom stereocenters. The standard InChI is InChI=1S/C52H33N3O/c1-4-14-35(15-5-1)49-50(54-46-21-11-10-20-45(46)53-49)36-26-24-34(25-27-36)37-28-30-41-42-31-29-38(51-55-47-22-12-13-23-48(47)56-51)33-44(42)52(43(41)32-37,39-16-6-2-7-17-39)40-18-8-3-9-19-40/h1-33H. The van der Waals surface area contributed by atoms with Crippen LogP contribution in [0.15, 0.2) is 205 Å². The Balaban J connectivity index is 1.08. The molecule has 262 valence electrons. The maximum Gasteiger partial charge on any atom is 0.227 e. The molecule has 0 aliphatic heterocycles. The number of rotatable bonds is 6. The van der Waals surface area contributed by atoms with Crippen LogP contribution in [0.4, 0.5) is 0 Å². The number of para-hydroxylation sites is 4. The quantitative estimate of drug-likeness (QED) is 0.172. The van der Waals surface area contributed by atoms with Gasteiger partial charge in [0.2, 0.25) is 5.89 Å². The van der Waals surface area contributed by atoms with Gasteiger partial charge in [-0.25, -0.2) is 15.0 Å². The second-order valence-corrected chi connectivity index (χ2v) is 14.3. The van der Waals surface area contributed by atoms with E-state index in [0.717, 1.165) is 61.3 Å². The summed E-state index contributed by atoms with van der Waals surface area (Å²) in [6.07, 6.45) is 0. The van der Waals surface area contributed by atoms with Gasteiger partial charge in [0.05, 0.1) is 27.8 Å². The summed E-state index contributed by atoms with van der Waals surface area (Å²) in [5.41, 5.74) is 17.1. The molecule has 0 saturated carbocycles. The molecule has 11 rings (SSSR count). The van der Waals surface area contributed by atoms with Crippen molar-refractivity contribution in [2.45, 2.75) is 5.41 Å². The minimum atomic E-state index is -0.587. The van der Waals surface area contributed by atoms with Crippen molar-refractivity contribution in [2.24, 2.45) is 0 Å². The Morgan fingerprint density at radius 1 is 0.339 bits per heavy atom. The van der Waals surface area contributed by atoms with E-state index in [4.69, 9.17) is 19.4 Å². The van der Waals surface area contributed by atoms with Crippen molar-refractivity contribution >= 4 is 22.1 Å². The van der Waals surface area contributed by atoms with Gasteiger partial charge < -0.3 is 4.42 Å². The van der Waals surface area contributed by atoms with Crippen molar-refractivity contribution in [1.82, 2.24) is 15.0 Å². The fraction of sp³-hybridized carbons (Fsp3) is 0.0192. The Kier molecular flexibility index (Phi) is 7.36. The van der Waals surface area contributed by atoms with Gasteiger partial charge >= 0.3 is 0 Å². The summed E-state index contributed by atoms with van der Waals surface area (Å²) in [7, 11) is 0. The molecular weight excluding hydrogens is 683 g/mol. The van der Waals surface area contributed by atoms with E-state index in [0.29, 0.717) is 5.89 Å². The van der Waals surface area contributed by atoms with Crippen molar-refractivity contribution in [1.29, 1.82) is 0 Å². The minimum Gasteiger partial charge on any atom is -0.436 e. The first kappa shape index (κ1) is 32.0. The highest BCUT2D eigenvalue weighted by atomic mass is 16.3. The Labute approximate surface area is 324 Å². The van der Waals surface area contributed by atoms with Gasteiger partial charge in [-0.3, -0.25) is 0 Å². The summed E-state index contributed by atoms with van der Waals surface area (Å²) in [4.78, 5) is 15.1. The Morgan fingerprint density at radius 3 is 1.38 bits per heavy atom. The van der Waals surface area contributed by atoms with Gasteiger partial charge in [0, 0.05) is 16.7 Å². The number of hydrogen-bond acceptors (Lipinski definition) is 4. The molecule has 4 heteroatoms. The third kappa shape index (κ3) is 5.04. The maximum atomic E-state index is 6.32. The lowest BCUT2D eigenvalue weighted by molar-refractivity contribution is 0.619. The normalized spacial score (nSPS) is 12.8. The molecule has 8 aromatic carbocycles. The zero-order valence-electron chi connectivity index (χ0n) is 30.3. The molecule has 56 heavy (non-hydrogen) atoms. The van der Waals surface area contributed by atoms with E-state index in [1.54, 1.807) is 0 Å². The number of hydrogen-bond donors (Lipinski definition) is 0. The summed E-state index contributed by atoms with van der Waals surface area (Å²) < 4.78 is 6.32. The van der Waals surface area contributed by atoms with Crippen molar-refractivity contribution in [3.63, 3.8) is 0 Å². The third-order valence-electron chi connectivity index (χ3n) is 11.2. The summed E-state index contributed by atoms with van der Waals surface area (Å²) in [6, 6.07) is 70.5. The molecule has 2 heterocycles. The second kappa shape index (κ2) is 12.9. The zero-order valence-corrected chi connectivity index (χ0v) is 30.3. The molecule has 0 bridgehead atoms. The fourth-order valence-corrected chi connectivity index (χ4v) is 8.62. The minimum absolute atomic E-state index is 0.587. The lowest BCUT2D eigenvalue weighted by Crippen LogP contribution is -2.28. The first-order valence-corrected chi connectivity index (χ1v) is 18.9. The highest BCUT2D eigenvalue weighted by molar-refractivity contribution is 5.91. The molecular formula is C52H33N3O. The number of nitrogens with zero attached hydrogens (tertiary/aromatic N) is 3. The van der Waals surface area contributed by atoms with Crippen LogP contribution in [0.3, 0.4) is 0 Å². The van der Waals surface area contributed by atoms with Gasteiger partial charge in [0.15, 0.2) is 5.58 Å². The van der Waals surface area contributed by atoms with Crippen LogP contribution in [0, 0.1) is 0 Å². The molecule has 10 aromatic rings. The average molecular weight is 716 g/mol. The third-order valence-corrected chi connectivity index (χ3v) is 11.2. The fourth-order valence-electron chi connectivity index (χ4n) is 8.62. The maximum absolute atomic E-state index is 6.32. The van der Waals surface area contributed by atoms with Crippen LogP contribution in [0.25, 0.3) is 78.4 Å². The van der Waals surface area contributed by atoms with E-state index < -0.39 is 5.41 Å². The SMILES string of the molecule is c1ccc(-c2nc3ccccc3nc2-c2ccc(-c3ccc4c(c3)C(c3ccccc3)(c3ccccc3)c3cc(-c5nc6ccccc6o5)ccc3-4)cc2)cc1. The first-order chi connectivity index (χ1) is 27.7. The van der Waals surface area contributed by atoms with E-state index >= 15 is 0 Å². The van der Waals surface area contributed by atoms with E-state index in [2.05, 4.69) is 133 Å². The number of fused-ring (bicyclic) bond motifs is 5. The Hall–Kier alpha value is -7.43. The lowest BCUT2D eigenvalue weighted by atomic mass is 9.67. The number of oxazole rings is 1. The predicted molar refractivity (Wildman–Crippen MR) is 226 cm³/mol. The van der Waals surface area contributed by atoms with Gasteiger partial charge in [-0.2, -0.15) is 0 Å². The van der Waals surface area contributed by atoms with Crippen LogP contribution in [0.1, 0.15) is 22.3 Å². The largest absolute Gasteiger partial charge is 0.436 e. The van der Waals surface area contributed by atoms with Gasteiger partial charge in [0.1, 0.15) is 5.52 Å². The smallest absolute Gasteiger partial charge is 0.227 e. The summed E-state index contributed by atoms with van der Waals surface area (Å²) in [5, 5.41) is 0. The van der Waals surface area contributed by atoms with Gasteiger partial charge in [-0.1, -0.05) is 158 Å². The molecule has 2 aromatic heterocycles. The first-order valence-electron chi connectivity index (χ1n) is 18.9. The summed E-state index contributed by atoms with van der Waals surface area (Å²) in [6.45, 7) is 0.